The summed E-state index contributed by atoms with van der Waals surface area (Å²) in [4.78, 5) is 3.22. The Bertz CT molecular complexity index is 638. The van der Waals surface area contributed by atoms with Crippen LogP contribution in [0.3, 0.4) is 0 Å². The first-order valence-corrected chi connectivity index (χ1v) is 9.59. The van der Waals surface area contributed by atoms with Crippen LogP contribution in [-0.4, -0.2) is 43.0 Å². The molecule has 0 aromatic heterocycles. The van der Waals surface area contributed by atoms with Gasteiger partial charge in [0.05, 0.1) is 4.90 Å². The molecule has 0 amide bonds. The Kier molecular flexibility index (Phi) is 5.34. The maximum absolute atomic E-state index is 11.5. The van der Waals surface area contributed by atoms with Gasteiger partial charge in [-0.25, -0.2) is 13.3 Å². The van der Waals surface area contributed by atoms with E-state index in [0.717, 1.165) is 12.8 Å². The summed E-state index contributed by atoms with van der Waals surface area (Å²) in [6.07, 6.45) is -0.462. The number of aliphatic hydroxyl groups is 2. The van der Waals surface area contributed by atoms with Crippen LogP contribution < -0.4 is 4.90 Å². The predicted octanol–water partition coefficient (Wildman–Crippen LogP) is 1.82. The standard InChI is InChI=1S/C14H21ClN2O4S/c1-3-7-16-12-6-5-10(22(15,20)21)9-11(12)13(18)17(8-4-2)14(16)19/h5-6,9,13-14,18-19H,3-4,7-8H2,1-2H3. The average molecular weight is 349 g/mol. The number of halogens is 1. The van der Waals surface area contributed by atoms with Gasteiger partial charge in [-0.2, -0.15) is 0 Å². The molecule has 2 atom stereocenters. The molecule has 0 spiro atoms. The topological polar surface area (TPSA) is 81.1 Å². The number of rotatable bonds is 5. The molecule has 2 rings (SSSR count). The molecular formula is C14H21ClN2O4S. The van der Waals surface area contributed by atoms with Crippen LogP contribution in [-0.2, 0) is 9.05 Å². The molecule has 0 fully saturated rings. The Morgan fingerprint density at radius 1 is 1.18 bits per heavy atom. The molecule has 0 saturated carbocycles. The average Bonchev–Trinajstić information content (AvgIpc) is 2.46. The minimum absolute atomic E-state index is 0.0590. The third-order valence-electron chi connectivity index (χ3n) is 3.70. The van der Waals surface area contributed by atoms with Crippen molar-refractivity contribution in [2.75, 3.05) is 18.0 Å². The summed E-state index contributed by atoms with van der Waals surface area (Å²) in [6, 6.07) is 4.34. The zero-order valence-corrected chi connectivity index (χ0v) is 14.2. The van der Waals surface area contributed by atoms with E-state index in [0.29, 0.717) is 24.3 Å². The van der Waals surface area contributed by atoms with Crippen molar-refractivity contribution in [2.45, 2.75) is 44.2 Å². The summed E-state index contributed by atoms with van der Waals surface area (Å²) in [5, 5.41) is 21.0. The van der Waals surface area contributed by atoms with Crippen LogP contribution in [0.1, 0.15) is 38.5 Å². The molecule has 22 heavy (non-hydrogen) atoms. The molecule has 1 aliphatic heterocycles. The van der Waals surface area contributed by atoms with Gasteiger partial charge in [0.2, 0.25) is 0 Å². The summed E-state index contributed by atoms with van der Waals surface area (Å²) < 4.78 is 23.0. The van der Waals surface area contributed by atoms with Crippen molar-refractivity contribution in [3.63, 3.8) is 0 Å². The zero-order chi connectivity index (χ0) is 16.5. The van der Waals surface area contributed by atoms with Crippen molar-refractivity contribution in [3.8, 4) is 0 Å². The molecule has 1 aromatic rings. The van der Waals surface area contributed by atoms with Crippen molar-refractivity contribution in [1.29, 1.82) is 0 Å². The Balaban J connectivity index is 2.55. The van der Waals surface area contributed by atoms with E-state index in [-0.39, 0.29) is 4.90 Å². The van der Waals surface area contributed by atoms with Gasteiger partial charge in [-0.15, -0.1) is 0 Å². The van der Waals surface area contributed by atoms with E-state index >= 15 is 0 Å². The van der Waals surface area contributed by atoms with E-state index < -0.39 is 21.6 Å². The van der Waals surface area contributed by atoms with E-state index in [1.807, 2.05) is 13.8 Å². The van der Waals surface area contributed by atoms with Gasteiger partial charge in [-0.3, -0.25) is 0 Å². The number of benzene rings is 1. The summed E-state index contributed by atoms with van der Waals surface area (Å²) in [7, 11) is 1.52. The van der Waals surface area contributed by atoms with Gasteiger partial charge in [-0.1, -0.05) is 13.8 Å². The number of hydrogen-bond acceptors (Lipinski definition) is 6. The molecule has 0 saturated heterocycles. The van der Waals surface area contributed by atoms with Gasteiger partial charge in [-0.05, 0) is 31.0 Å². The highest BCUT2D eigenvalue weighted by molar-refractivity contribution is 8.13. The van der Waals surface area contributed by atoms with Gasteiger partial charge in [0.1, 0.15) is 6.23 Å². The maximum atomic E-state index is 11.5. The maximum Gasteiger partial charge on any atom is 0.261 e. The second-order valence-electron chi connectivity index (χ2n) is 5.31. The molecular weight excluding hydrogens is 328 g/mol. The van der Waals surface area contributed by atoms with E-state index in [9.17, 15) is 18.6 Å². The fourth-order valence-corrected chi connectivity index (χ4v) is 3.52. The molecule has 0 radical (unpaired) electrons. The van der Waals surface area contributed by atoms with Crippen molar-refractivity contribution in [2.24, 2.45) is 0 Å². The lowest BCUT2D eigenvalue weighted by molar-refractivity contribution is -0.113. The third kappa shape index (κ3) is 3.23. The van der Waals surface area contributed by atoms with Gasteiger partial charge >= 0.3 is 0 Å². The van der Waals surface area contributed by atoms with Gasteiger partial charge < -0.3 is 15.1 Å². The van der Waals surface area contributed by atoms with Crippen LogP contribution in [0.25, 0.3) is 0 Å². The fraction of sp³-hybridized carbons (Fsp3) is 0.571. The number of fused-ring (bicyclic) bond motifs is 1. The van der Waals surface area contributed by atoms with Crippen LogP contribution in [0.4, 0.5) is 5.69 Å². The monoisotopic (exact) mass is 348 g/mol. The zero-order valence-electron chi connectivity index (χ0n) is 12.6. The van der Waals surface area contributed by atoms with Gasteiger partial charge in [0.15, 0.2) is 6.35 Å². The minimum atomic E-state index is -3.87. The van der Waals surface area contributed by atoms with Crippen molar-refractivity contribution in [3.05, 3.63) is 23.8 Å². The van der Waals surface area contributed by atoms with Crippen molar-refractivity contribution >= 4 is 25.4 Å². The molecule has 2 unspecified atom stereocenters. The van der Waals surface area contributed by atoms with Crippen molar-refractivity contribution < 1.29 is 18.6 Å². The number of anilines is 1. The molecule has 0 aliphatic carbocycles. The van der Waals surface area contributed by atoms with E-state index in [4.69, 9.17) is 10.7 Å². The Morgan fingerprint density at radius 2 is 1.82 bits per heavy atom. The summed E-state index contributed by atoms with van der Waals surface area (Å²) in [5.41, 5.74) is 1.06. The first-order chi connectivity index (χ1) is 10.3. The van der Waals surface area contributed by atoms with E-state index in [1.165, 1.54) is 17.0 Å². The van der Waals surface area contributed by atoms with Crippen LogP contribution in [0, 0.1) is 0 Å². The van der Waals surface area contributed by atoms with Gasteiger partial charge in [0.25, 0.3) is 9.05 Å². The quantitative estimate of drug-likeness (QED) is 0.790. The number of nitrogens with zero attached hydrogens (tertiary/aromatic N) is 2. The molecule has 8 heteroatoms. The van der Waals surface area contributed by atoms with Crippen LogP contribution >= 0.6 is 10.7 Å². The second-order valence-corrected chi connectivity index (χ2v) is 7.88. The molecule has 0 bridgehead atoms. The third-order valence-corrected chi connectivity index (χ3v) is 5.06. The Morgan fingerprint density at radius 3 is 2.36 bits per heavy atom. The molecule has 1 aromatic carbocycles. The highest BCUT2D eigenvalue weighted by Crippen LogP contribution is 2.38. The van der Waals surface area contributed by atoms with Crippen LogP contribution in [0.15, 0.2) is 23.1 Å². The summed E-state index contributed by atoms with van der Waals surface area (Å²) in [5.74, 6) is 0. The minimum Gasteiger partial charge on any atom is -0.374 e. The van der Waals surface area contributed by atoms with E-state index in [2.05, 4.69) is 0 Å². The lowest BCUT2D eigenvalue weighted by Gasteiger charge is -2.45. The normalized spacial score (nSPS) is 22.7. The largest absolute Gasteiger partial charge is 0.374 e. The first-order valence-electron chi connectivity index (χ1n) is 7.28. The Labute approximate surface area is 135 Å². The van der Waals surface area contributed by atoms with Gasteiger partial charge in [0, 0.05) is 35.0 Å². The molecule has 6 nitrogen and oxygen atoms in total. The number of hydrogen-bond donors (Lipinski definition) is 2. The highest BCUT2D eigenvalue weighted by atomic mass is 35.7. The molecule has 2 N–H and O–H groups in total. The second kappa shape index (κ2) is 6.72. The van der Waals surface area contributed by atoms with Crippen molar-refractivity contribution in [1.82, 2.24) is 4.90 Å². The number of aliphatic hydroxyl groups excluding tert-OH is 2. The van der Waals surface area contributed by atoms with E-state index in [1.54, 1.807) is 11.0 Å². The Hall–Kier alpha value is -0.860. The SMILES string of the molecule is CCCN1c2ccc(S(=O)(=O)Cl)cc2C(O)N(CCC)C1O. The van der Waals surface area contributed by atoms with Crippen LogP contribution in [0.2, 0.25) is 0 Å². The lowest BCUT2D eigenvalue weighted by atomic mass is 10.1. The first kappa shape index (κ1) is 17.5. The summed E-state index contributed by atoms with van der Waals surface area (Å²) >= 11 is 0. The summed E-state index contributed by atoms with van der Waals surface area (Å²) in [6.45, 7) is 5.01. The highest BCUT2D eigenvalue weighted by Gasteiger charge is 2.36. The molecule has 124 valence electrons. The predicted molar refractivity (Wildman–Crippen MR) is 85.1 cm³/mol. The molecule has 1 heterocycles. The lowest BCUT2D eigenvalue weighted by Crippen LogP contribution is -2.54. The smallest absolute Gasteiger partial charge is 0.261 e. The molecule has 1 aliphatic rings. The van der Waals surface area contributed by atoms with Crippen LogP contribution in [0.5, 0.6) is 0 Å². The fourth-order valence-electron chi connectivity index (χ4n) is 2.73.